The van der Waals surface area contributed by atoms with Gasteiger partial charge < -0.3 is 5.11 Å². The predicted molar refractivity (Wildman–Crippen MR) is 59.6 cm³/mol. The van der Waals surface area contributed by atoms with Crippen LogP contribution in [0.15, 0.2) is 30.3 Å². The molecular weight excluding hydrogens is 242 g/mol. The number of aliphatic hydroxyl groups excluding tert-OH is 1. The first-order valence-electron chi connectivity index (χ1n) is 3.81. The fourth-order valence-electron chi connectivity index (χ4n) is 0.755. The van der Waals surface area contributed by atoms with Crippen molar-refractivity contribution in [3.05, 3.63) is 35.9 Å². The van der Waals surface area contributed by atoms with E-state index in [1.807, 2.05) is 18.2 Å². The van der Waals surface area contributed by atoms with Gasteiger partial charge in [-0.25, -0.2) is 0 Å². The standard InChI is InChI=1S/C10H7Cl3O/c11-10(12,13)9(14)7-6-8-4-2-1-3-5-8/h1-5,9,14H/t9-/m0/s1. The Labute approximate surface area is 97.6 Å². The van der Waals surface area contributed by atoms with Crippen molar-refractivity contribution >= 4 is 34.8 Å². The first kappa shape index (κ1) is 11.7. The first-order chi connectivity index (χ1) is 6.50. The summed E-state index contributed by atoms with van der Waals surface area (Å²) in [6.07, 6.45) is -1.28. The second-order valence-corrected chi connectivity index (χ2v) is 4.95. The summed E-state index contributed by atoms with van der Waals surface area (Å²) in [6.45, 7) is 0. The van der Waals surface area contributed by atoms with Crippen molar-refractivity contribution in [3.8, 4) is 11.8 Å². The number of aliphatic hydroxyl groups is 1. The maximum Gasteiger partial charge on any atom is 0.227 e. The zero-order valence-corrected chi connectivity index (χ0v) is 9.31. The monoisotopic (exact) mass is 248 g/mol. The average molecular weight is 250 g/mol. The molecule has 0 aliphatic rings. The Morgan fingerprint density at radius 1 is 1.14 bits per heavy atom. The van der Waals surface area contributed by atoms with Crippen molar-refractivity contribution in [1.29, 1.82) is 0 Å². The lowest BCUT2D eigenvalue weighted by atomic mass is 10.2. The Balaban J connectivity index is 2.74. The van der Waals surface area contributed by atoms with Crippen molar-refractivity contribution in [2.45, 2.75) is 9.90 Å². The lowest BCUT2D eigenvalue weighted by Gasteiger charge is -2.12. The van der Waals surface area contributed by atoms with E-state index in [-0.39, 0.29) is 0 Å². The Morgan fingerprint density at radius 3 is 2.21 bits per heavy atom. The van der Waals surface area contributed by atoms with Gasteiger partial charge in [-0.05, 0) is 12.1 Å². The molecule has 0 amide bonds. The SMILES string of the molecule is O[C@@H](C#Cc1ccccc1)C(Cl)(Cl)Cl. The smallest absolute Gasteiger partial charge is 0.227 e. The van der Waals surface area contributed by atoms with Crippen molar-refractivity contribution in [1.82, 2.24) is 0 Å². The molecule has 0 fully saturated rings. The van der Waals surface area contributed by atoms with Crippen LogP contribution in [0.5, 0.6) is 0 Å². The van der Waals surface area contributed by atoms with Gasteiger partial charge in [-0.15, -0.1) is 0 Å². The summed E-state index contributed by atoms with van der Waals surface area (Å²) >= 11 is 16.3. The normalized spacial score (nSPS) is 12.9. The molecule has 0 radical (unpaired) electrons. The Morgan fingerprint density at radius 2 is 1.71 bits per heavy atom. The van der Waals surface area contributed by atoms with E-state index < -0.39 is 9.90 Å². The average Bonchev–Trinajstić information content (AvgIpc) is 2.14. The highest BCUT2D eigenvalue weighted by molar-refractivity contribution is 6.68. The van der Waals surface area contributed by atoms with E-state index in [0.29, 0.717) is 0 Å². The Bertz CT molecular complexity index is 345. The maximum absolute atomic E-state index is 9.28. The third kappa shape index (κ3) is 3.77. The molecule has 74 valence electrons. The number of benzene rings is 1. The number of hydrogen-bond donors (Lipinski definition) is 1. The second-order valence-electron chi connectivity index (χ2n) is 2.58. The van der Waals surface area contributed by atoms with Gasteiger partial charge in [0.25, 0.3) is 0 Å². The lowest BCUT2D eigenvalue weighted by molar-refractivity contribution is 0.237. The molecule has 4 heteroatoms. The fraction of sp³-hybridized carbons (Fsp3) is 0.200. The minimum absolute atomic E-state index is 0.765. The van der Waals surface area contributed by atoms with Gasteiger partial charge in [-0.1, -0.05) is 64.8 Å². The van der Waals surface area contributed by atoms with Crippen LogP contribution in [0, 0.1) is 11.8 Å². The molecule has 0 heterocycles. The highest BCUT2D eigenvalue weighted by Gasteiger charge is 2.28. The molecule has 1 rings (SSSR count). The summed E-state index contributed by atoms with van der Waals surface area (Å²) in [7, 11) is 0. The zero-order chi connectivity index (χ0) is 10.6. The van der Waals surface area contributed by atoms with E-state index >= 15 is 0 Å². The summed E-state index contributed by atoms with van der Waals surface area (Å²) in [5.74, 6) is 5.15. The quantitative estimate of drug-likeness (QED) is 0.554. The maximum atomic E-state index is 9.28. The van der Waals surface area contributed by atoms with Gasteiger partial charge in [0.05, 0.1) is 0 Å². The molecule has 1 aromatic rings. The first-order valence-corrected chi connectivity index (χ1v) is 4.95. The molecule has 0 aliphatic heterocycles. The van der Waals surface area contributed by atoms with E-state index in [1.54, 1.807) is 12.1 Å². The van der Waals surface area contributed by atoms with Crippen LogP contribution in [-0.4, -0.2) is 15.0 Å². The zero-order valence-electron chi connectivity index (χ0n) is 7.05. The molecule has 0 bridgehead atoms. The van der Waals surface area contributed by atoms with E-state index in [1.165, 1.54) is 0 Å². The number of halogens is 3. The molecule has 0 aliphatic carbocycles. The minimum atomic E-state index is -1.76. The van der Waals surface area contributed by atoms with Crippen LogP contribution in [-0.2, 0) is 0 Å². The highest BCUT2D eigenvalue weighted by atomic mass is 35.6. The van der Waals surface area contributed by atoms with Crippen LogP contribution in [0.25, 0.3) is 0 Å². The summed E-state index contributed by atoms with van der Waals surface area (Å²) < 4.78 is -1.76. The molecule has 1 N–H and O–H groups in total. The number of rotatable bonds is 0. The highest BCUT2D eigenvalue weighted by Crippen LogP contribution is 2.29. The number of hydrogen-bond acceptors (Lipinski definition) is 1. The van der Waals surface area contributed by atoms with E-state index in [2.05, 4.69) is 11.8 Å². The molecule has 1 nitrogen and oxygen atoms in total. The number of alkyl halides is 3. The van der Waals surface area contributed by atoms with Gasteiger partial charge in [0.2, 0.25) is 3.79 Å². The van der Waals surface area contributed by atoms with Crippen LogP contribution in [0.4, 0.5) is 0 Å². The molecule has 0 aromatic heterocycles. The fourth-order valence-corrected chi connectivity index (χ4v) is 0.919. The summed E-state index contributed by atoms with van der Waals surface area (Å²) in [6, 6.07) is 9.16. The second kappa shape index (κ2) is 4.91. The van der Waals surface area contributed by atoms with Gasteiger partial charge >= 0.3 is 0 Å². The van der Waals surface area contributed by atoms with Crippen LogP contribution in [0.3, 0.4) is 0 Å². The summed E-state index contributed by atoms with van der Waals surface area (Å²) in [5.41, 5.74) is 0.765. The van der Waals surface area contributed by atoms with Gasteiger partial charge in [0, 0.05) is 5.56 Å². The van der Waals surface area contributed by atoms with Gasteiger partial charge in [-0.3, -0.25) is 0 Å². The van der Waals surface area contributed by atoms with Crippen molar-refractivity contribution in [2.24, 2.45) is 0 Å². The van der Waals surface area contributed by atoms with Crippen LogP contribution in [0.1, 0.15) is 5.56 Å². The van der Waals surface area contributed by atoms with E-state index in [0.717, 1.165) is 5.56 Å². The summed E-state index contributed by atoms with van der Waals surface area (Å²) in [4.78, 5) is 0. The molecule has 1 atom stereocenters. The largest absolute Gasteiger partial charge is 0.376 e. The van der Waals surface area contributed by atoms with E-state index in [9.17, 15) is 5.11 Å². The summed E-state index contributed by atoms with van der Waals surface area (Å²) in [5, 5.41) is 9.28. The molecule has 14 heavy (non-hydrogen) atoms. The molecular formula is C10H7Cl3O. The molecule has 0 spiro atoms. The van der Waals surface area contributed by atoms with Crippen LogP contribution >= 0.6 is 34.8 Å². The molecule has 1 aromatic carbocycles. The molecule has 0 saturated heterocycles. The molecule has 0 saturated carbocycles. The topological polar surface area (TPSA) is 20.2 Å². The Kier molecular flexibility index (Phi) is 4.10. The van der Waals surface area contributed by atoms with Crippen LogP contribution < -0.4 is 0 Å². The third-order valence-corrected chi connectivity index (χ3v) is 2.06. The van der Waals surface area contributed by atoms with Gasteiger partial charge in [0.15, 0.2) is 6.10 Å². The van der Waals surface area contributed by atoms with Crippen molar-refractivity contribution in [2.75, 3.05) is 0 Å². The predicted octanol–water partition coefficient (Wildman–Crippen LogP) is 2.77. The molecule has 0 unspecified atom stereocenters. The van der Waals surface area contributed by atoms with Gasteiger partial charge in [-0.2, -0.15) is 0 Å². The lowest BCUT2D eigenvalue weighted by Crippen LogP contribution is -2.22. The van der Waals surface area contributed by atoms with Gasteiger partial charge in [0.1, 0.15) is 0 Å². The van der Waals surface area contributed by atoms with Crippen molar-refractivity contribution < 1.29 is 5.11 Å². The van der Waals surface area contributed by atoms with Crippen LogP contribution in [0.2, 0.25) is 0 Å². The minimum Gasteiger partial charge on any atom is -0.376 e. The van der Waals surface area contributed by atoms with Crippen molar-refractivity contribution in [3.63, 3.8) is 0 Å². The van der Waals surface area contributed by atoms with E-state index in [4.69, 9.17) is 34.8 Å². The Hall–Kier alpha value is -0.390. The third-order valence-electron chi connectivity index (χ3n) is 1.44.